The number of morpholine rings is 1. The lowest BCUT2D eigenvalue weighted by molar-refractivity contribution is -0.0704. The van der Waals surface area contributed by atoms with E-state index in [4.69, 9.17) is 4.74 Å². The Hall–Kier alpha value is -0.420. The standard InChI is InChI=1S/C16H25BrN2O/c1-4-7-19-8-9-20-15(11-18-3)16(19)13-5-6-14(17)12(2)10-13/h5-6,10,15-16,18H,4,7-9,11H2,1-3H3. The molecule has 1 N–H and O–H groups in total. The third kappa shape index (κ3) is 3.61. The van der Waals surface area contributed by atoms with Crippen LogP contribution >= 0.6 is 15.9 Å². The number of halogens is 1. The van der Waals surface area contributed by atoms with E-state index in [1.165, 1.54) is 22.0 Å². The van der Waals surface area contributed by atoms with E-state index in [0.717, 1.165) is 26.2 Å². The first-order valence-corrected chi connectivity index (χ1v) is 8.23. The number of hydrogen-bond donors (Lipinski definition) is 1. The monoisotopic (exact) mass is 340 g/mol. The molecule has 0 saturated carbocycles. The summed E-state index contributed by atoms with van der Waals surface area (Å²) in [7, 11) is 1.99. The lowest BCUT2D eigenvalue weighted by Gasteiger charge is -2.41. The van der Waals surface area contributed by atoms with E-state index >= 15 is 0 Å². The second kappa shape index (κ2) is 7.55. The molecule has 112 valence electrons. The third-order valence-electron chi connectivity index (χ3n) is 3.90. The smallest absolute Gasteiger partial charge is 0.0896 e. The van der Waals surface area contributed by atoms with Gasteiger partial charge in [0.15, 0.2) is 0 Å². The Balaban J connectivity index is 2.29. The average molecular weight is 341 g/mol. The number of nitrogens with zero attached hydrogens (tertiary/aromatic N) is 1. The minimum Gasteiger partial charge on any atom is -0.374 e. The molecule has 0 bridgehead atoms. The van der Waals surface area contributed by atoms with E-state index in [0.29, 0.717) is 6.04 Å². The molecule has 1 aliphatic heterocycles. The minimum absolute atomic E-state index is 0.223. The number of hydrogen-bond acceptors (Lipinski definition) is 3. The van der Waals surface area contributed by atoms with Gasteiger partial charge in [0.2, 0.25) is 0 Å². The van der Waals surface area contributed by atoms with Crippen molar-refractivity contribution in [3.05, 3.63) is 33.8 Å². The van der Waals surface area contributed by atoms with Gasteiger partial charge in [-0.25, -0.2) is 0 Å². The first-order chi connectivity index (χ1) is 9.67. The second-order valence-corrected chi connectivity index (χ2v) is 6.31. The van der Waals surface area contributed by atoms with Gasteiger partial charge < -0.3 is 10.1 Å². The Morgan fingerprint density at radius 1 is 1.45 bits per heavy atom. The normalized spacial score (nSPS) is 24.0. The summed E-state index contributed by atoms with van der Waals surface area (Å²) in [5.41, 5.74) is 2.65. The fourth-order valence-electron chi connectivity index (χ4n) is 2.97. The quantitative estimate of drug-likeness (QED) is 0.891. The predicted octanol–water partition coefficient (Wildman–Crippen LogP) is 3.13. The summed E-state index contributed by atoms with van der Waals surface area (Å²) < 4.78 is 7.19. The average Bonchev–Trinajstić information content (AvgIpc) is 2.43. The molecule has 1 aromatic rings. The molecule has 1 fully saturated rings. The number of rotatable bonds is 5. The first kappa shape index (κ1) is 16.0. The van der Waals surface area contributed by atoms with Gasteiger partial charge in [0.05, 0.1) is 18.8 Å². The van der Waals surface area contributed by atoms with Crippen LogP contribution in [-0.2, 0) is 4.74 Å². The maximum absolute atomic E-state index is 6.02. The van der Waals surface area contributed by atoms with Crippen molar-refractivity contribution < 1.29 is 4.74 Å². The Morgan fingerprint density at radius 3 is 2.90 bits per heavy atom. The predicted molar refractivity (Wildman–Crippen MR) is 87.2 cm³/mol. The van der Waals surface area contributed by atoms with Gasteiger partial charge >= 0.3 is 0 Å². The summed E-state index contributed by atoms with van der Waals surface area (Å²) in [5, 5.41) is 3.26. The van der Waals surface area contributed by atoms with Crippen molar-refractivity contribution in [1.82, 2.24) is 10.2 Å². The molecule has 2 rings (SSSR count). The van der Waals surface area contributed by atoms with Gasteiger partial charge in [-0.3, -0.25) is 4.90 Å². The van der Waals surface area contributed by atoms with Crippen LogP contribution in [0.2, 0.25) is 0 Å². The van der Waals surface area contributed by atoms with Crippen LogP contribution in [0.1, 0.15) is 30.5 Å². The molecule has 1 aliphatic rings. The molecule has 1 aromatic carbocycles. The lowest BCUT2D eigenvalue weighted by Crippen LogP contribution is -2.48. The van der Waals surface area contributed by atoms with Crippen molar-refractivity contribution in [3.8, 4) is 0 Å². The van der Waals surface area contributed by atoms with E-state index in [9.17, 15) is 0 Å². The molecule has 2 unspecified atom stereocenters. The summed E-state index contributed by atoms with van der Waals surface area (Å²) in [6, 6.07) is 7.01. The zero-order chi connectivity index (χ0) is 14.5. The highest BCUT2D eigenvalue weighted by Crippen LogP contribution is 2.31. The molecule has 0 radical (unpaired) electrons. The number of nitrogens with one attached hydrogen (secondary N) is 1. The number of benzene rings is 1. The molecule has 3 nitrogen and oxygen atoms in total. The van der Waals surface area contributed by atoms with Crippen LogP contribution in [-0.4, -0.2) is 44.3 Å². The first-order valence-electron chi connectivity index (χ1n) is 7.43. The minimum atomic E-state index is 0.223. The van der Waals surface area contributed by atoms with Gasteiger partial charge in [-0.15, -0.1) is 0 Å². The molecule has 0 aromatic heterocycles. The lowest BCUT2D eigenvalue weighted by atomic mass is 9.96. The van der Waals surface area contributed by atoms with Gasteiger partial charge in [0.1, 0.15) is 0 Å². The maximum atomic E-state index is 6.02. The van der Waals surface area contributed by atoms with Crippen LogP contribution in [0.5, 0.6) is 0 Å². The summed E-state index contributed by atoms with van der Waals surface area (Å²) >= 11 is 3.59. The Morgan fingerprint density at radius 2 is 2.25 bits per heavy atom. The Labute approximate surface area is 130 Å². The van der Waals surface area contributed by atoms with Crippen molar-refractivity contribution in [2.75, 3.05) is 33.3 Å². The zero-order valence-corrected chi connectivity index (χ0v) is 14.2. The summed E-state index contributed by atoms with van der Waals surface area (Å²) in [6.07, 6.45) is 1.40. The topological polar surface area (TPSA) is 24.5 Å². The molecule has 1 heterocycles. The Kier molecular flexibility index (Phi) is 6.02. The molecule has 20 heavy (non-hydrogen) atoms. The Bertz CT molecular complexity index is 420. The number of aryl methyl sites for hydroxylation is 1. The van der Waals surface area contributed by atoms with Gasteiger partial charge in [-0.2, -0.15) is 0 Å². The molecular formula is C16H25BrN2O. The fraction of sp³-hybridized carbons (Fsp3) is 0.625. The van der Waals surface area contributed by atoms with Crippen LogP contribution in [0, 0.1) is 6.92 Å². The fourth-order valence-corrected chi connectivity index (χ4v) is 3.22. The largest absolute Gasteiger partial charge is 0.374 e. The molecule has 0 amide bonds. The highest BCUT2D eigenvalue weighted by Gasteiger charge is 2.32. The van der Waals surface area contributed by atoms with E-state index in [2.05, 4.69) is 58.2 Å². The van der Waals surface area contributed by atoms with E-state index in [1.807, 2.05) is 7.05 Å². The van der Waals surface area contributed by atoms with Gasteiger partial charge in [0.25, 0.3) is 0 Å². The molecular weight excluding hydrogens is 316 g/mol. The van der Waals surface area contributed by atoms with Crippen molar-refractivity contribution in [3.63, 3.8) is 0 Å². The van der Waals surface area contributed by atoms with Gasteiger partial charge in [0, 0.05) is 17.6 Å². The van der Waals surface area contributed by atoms with E-state index in [-0.39, 0.29) is 6.10 Å². The summed E-state index contributed by atoms with van der Waals surface area (Å²) in [4.78, 5) is 2.56. The molecule has 4 heteroatoms. The molecule has 0 spiro atoms. The maximum Gasteiger partial charge on any atom is 0.0896 e. The van der Waals surface area contributed by atoms with Crippen LogP contribution in [0.25, 0.3) is 0 Å². The number of ether oxygens (including phenoxy) is 1. The van der Waals surface area contributed by atoms with Crippen LogP contribution in [0.15, 0.2) is 22.7 Å². The van der Waals surface area contributed by atoms with Crippen molar-refractivity contribution in [1.29, 1.82) is 0 Å². The van der Waals surface area contributed by atoms with Gasteiger partial charge in [-0.05, 0) is 44.1 Å². The molecule has 0 aliphatic carbocycles. The highest BCUT2D eigenvalue weighted by molar-refractivity contribution is 9.10. The molecule has 2 atom stereocenters. The summed E-state index contributed by atoms with van der Waals surface area (Å²) in [6.45, 7) is 8.26. The third-order valence-corrected chi connectivity index (χ3v) is 4.79. The summed E-state index contributed by atoms with van der Waals surface area (Å²) in [5.74, 6) is 0. The number of likely N-dealkylation sites (N-methyl/N-ethyl adjacent to an activating group) is 1. The van der Waals surface area contributed by atoms with Crippen molar-refractivity contribution >= 4 is 15.9 Å². The van der Waals surface area contributed by atoms with E-state index < -0.39 is 0 Å². The van der Waals surface area contributed by atoms with E-state index in [1.54, 1.807) is 0 Å². The highest BCUT2D eigenvalue weighted by atomic mass is 79.9. The van der Waals surface area contributed by atoms with Crippen LogP contribution < -0.4 is 5.32 Å². The second-order valence-electron chi connectivity index (χ2n) is 5.46. The van der Waals surface area contributed by atoms with Crippen LogP contribution in [0.4, 0.5) is 0 Å². The van der Waals surface area contributed by atoms with Crippen LogP contribution in [0.3, 0.4) is 0 Å². The van der Waals surface area contributed by atoms with Gasteiger partial charge in [-0.1, -0.05) is 35.0 Å². The molecule has 1 saturated heterocycles. The SMILES string of the molecule is CCCN1CCOC(CNC)C1c1ccc(Br)c(C)c1. The van der Waals surface area contributed by atoms with Crippen molar-refractivity contribution in [2.24, 2.45) is 0 Å². The zero-order valence-electron chi connectivity index (χ0n) is 12.7. The van der Waals surface area contributed by atoms with Crippen molar-refractivity contribution in [2.45, 2.75) is 32.4 Å².